The van der Waals surface area contributed by atoms with E-state index in [9.17, 15) is 58.8 Å². The van der Waals surface area contributed by atoms with Crippen LogP contribution in [-0.2, 0) is 33.8 Å². The summed E-state index contributed by atoms with van der Waals surface area (Å²) in [6, 6.07) is 1.48. The third kappa shape index (κ3) is 7.63. The molecule has 0 radical (unpaired) electrons. The molecule has 54 heavy (non-hydrogen) atoms. The number of phosphoric acid groups is 2. The first-order chi connectivity index (χ1) is 25.3. The maximum atomic E-state index is 13.0. The number of nitrogens with zero attached hydrogens (tertiary/aromatic N) is 6. The molecule has 3 aliphatic rings. The zero-order valence-corrected chi connectivity index (χ0v) is 29.6. The number of imidazole rings is 1. The number of benzene rings is 1. The van der Waals surface area contributed by atoms with Crippen LogP contribution in [0.3, 0.4) is 0 Å². The summed E-state index contributed by atoms with van der Waals surface area (Å²) in [4.78, 5) is 78.0. The molecule has 5 heterocycles. The fraction of sp³-hybridized carbons (Fsp3) is 0.444. The number of ether oxygens (including phenoxy) is 1. The van der Waals surface area contributed by atoms with Crippen LogP contribution in [0.25, 0.3) is 33.7 Å². The molecule has 27 heteroatoms. The number of aryl methyl sites for hydroxylation is 1. The number of aliphatic hydroxyl groups excluding tert-OH is 5. The minimum absolute atomic E-state index is 0.0211. The van der Waals surface area contributed by atoms with Crippen LogP contribution in [0.1, 0.15) is 17.4 Å². The third-order valence-corrected chi connectivity index (χ3v) is 11.2. The van der Waals surface area contributed by atoms with Crippen molar-refractivity contribution in [2.75, 3.05) is 18.9 Å². The summed E-state index contributed by atoms with van der Waals surface area (Å²) in [6.45, 7) is 0.190. The topological polar surface area (TPSA) is 383 Å². The average molecular weight is 802 g/mol. The van der Waals surface area contributed by atoms with Crippen molar-refractivity contribution in [1.82, 2.24) is 39.0 Å². The molecule has 0 spiro atoms. The number of fused-ring (bicyclic) bond motifs is 3. The standard InChI is InChI=1S/C27H33N9O16P2/c1-9-3-11-15(18(39)10(9)2)32-17-24(33-27(44)34-25(17)43)35(11)4-12(37)19(40)13(38)5-49-53(45,46)52-54(47,48)50-6-14-20(41)21(42)26(51-14)36-8-31-16-22(28)29-7-30-23(16)36/h3,7-8,12-14,19-21,26,37-38,40-42H,4-6H2,1-2H3,(H,45,46)(H,47,48)(H2,28,29,30)(H2,33,34,43,44)/t12-,13+,14-,19-,20-,21-,26-/m1/s1. The Morgan fingerprint density at radius 3 is 2.41 bits per heavy atom. The van der Waals surface area contributed by atoms with Crippen LogP contribution in [0.5, 0.6) is 0 Å². The molecule has 292 valence electrons. The van der Waals surface area contributed by atoms with E-state index in [1.807, 2.05) is 4.98 Å². The summed E-state index contributed by atoms with van der Waals surface area (Å²) in [5.41, 5.74) is 3.55. The van der Waals surface area contributed by atoms with Crippen molar-refractivity contribution in [3.63, 3.8) is 0 Å². The number of hydrogen-bond acceptors (Lipinski definition) is 19. The second-order valence-corrected chi connectivity index (χ2v) is 15.3. The number of phosphoric ester groups is 2. The Balaban J connectivity index is 1.08. The summed E-state index contributed by atoms with van der Waals surface area (Å²) in [5.74, 6) is 0.0211. The third-order valence-electron chi connectivity index (χ3n) is 8.60. The number of H-pyrrole nitrogens is 2. The highest BCUT2D eigenvalue weighted by atomic mass is 31.3. The van der Waals surface area contributed by atoms with Crippen LogP contribution in [0.4, 0.5) is 5.82 Å². The fourth-order valence-electron chi connectivity index (χ4n) is 5.68. The van der Waals surface area contributed by atoms with Gasteiger partial charge in [0.1, 0.15) is 59.8 Å². The summed E-state index contributed by atoms with van der Waals surface area (Å²) >= 11 is 0. The van der Waals surface area contributed by atoms with Crippen LogP contribution < -0.4 is 22.4 Å². The SMILES string of the molecule is Cc1cc2n(C[C@@H](O)[C@@H](O)[C@@H](O)COP(=O)(O)OP(=O)(O)OC[C@H]3O[C@@H](n4cnc5c(N)ncnc54)[C@H](O)[C@@H]3O)c3[nH]c(=O)[nH]c(=O)c3nc-2c(=O)c1C. The number of nitrogens with two attached hydrogens (primary N) is 1. The van der Waals surface area contributed by atoms with Gasteiger partial charge >= 0.3 is 21.3 Å². The highest BCUT2D eigenvalue weighted by Crippen LogP contribution is 2.60. The fourth-order valence-corrected chi connectivity index (χ4v) is 7.77. The molecule has 2 aliphatic heterocycles. The van der Waals surface area contributed by atoms with E-state index in [2.05, 4.69) is 38.3 Å². The first kappa shape index (κ1) is 39.4. The molecule has 1 fully saturated rings. The maximum Gasteiger partial charge on any atom is 0.481 e. The van der Waals surface area contributed by atoms with E-state index >= 15 is 0 Å². The molecule has 6 rings (SSSR count). The van der Waals surface area contributed by atoms with Crippen molar-refractivity contribution in [1.29, 1.82) is 0 Å². The lowest BCUT2D eigenvalue weighted by Crippen LogP contribution is -2.42. The van der Waals surface area contributed by atoms with Gasteiger partial charge in [0.2, 0.25) is 5.43 Å². The predicted molar refractivity (Wildman–Crippen MR) is 180 cm³/mol. The van der Waals surface area contributed by atoms with Crippen LogP contribution in [-0.4, -0.2) is 124 Å². The Morgan fingerprint density at radius 2 is 1.69 bits per heavy atom. The molecular weight excluding hydrogens is 768 g/mol. The van der Waals surface area contributed by atoms with Crippen molar-refractivity contribution in [3.8, 4) is 11.4 Å². The average Bonchev–Trinajstić information content (AvgIpc) is 3.65. The molecule has 1 aliphatic carbocycles. The molecule has 3 aromatic heterocycles. The van der Waals surface area contributed by atoms with Gasteiger partial charge in [0.05, 0.1) is 31.8 Å². The summed E-state index contributed by atoms with van der Waals surface area (Å²) in [7, 11) is -11.1. The number of nitrogens with one attached hydrogen (secondary N) is 2. The van der Waals surface area contributed by atoms with Crippen LogP contribution in [0, 0.1) is 13.8 Å². The Labute approximate surface area is 299 Å². The smallest absolute Gasteiger partial charge is 0.388 e. The number of anilines is 1. The number of aliphatic hydroxyl groups is 5. The van der Waals surface area contributed by atoms with Crippen molar-refractivity contribution in [2.24, 2.45) is 0 Å². The van der Waals surface area contributed by atoms with E-state index in [1.165, 1.54) is 23.9 Å². The predicted octanol–water partition coefficient (Wildman–Crippen LogP) is -3.13. The van der Waals surface area contributed by atoms with Crippen molar-refractivity contribution in [3.05, 3.63) is 60.9 Å². The lowest BCUT2D eigenvalue weighted by molar-refractivity contribution is -0.0794. The Kier molecular flexibility index (Phi) is 10.7. The minimum Gasteiger partial charge on any atom is -0.388 e. The van der Waals surface area contributed by atoms with E-state index in [1.54, 1.807) is 6.92 Å². The van der Waals surface area contributed by atoms with Gasteiger partial charge in [-0.2, -0.15) is 4.31 Å². The highest BCUT2D eigenvalue weighted by molar-refractivity contribution is 7.61. The molecule has 25 nitrogen and oxygen atoms in total. The van der Waals surface area contributed by atoms with E-state index in [0.717, 1.165) is 10.9 Å². The molecule has 3 aromatic rings. The van der Waals surface area contributed by atoms with Crippen molar-refractivity contribution >= 4 is 43.8 Å². The summed E-state index contributed by atoms with van der Waals surface area (Å²) in [5, 5.41) is 53.1. The molecule has 0 bridgehead atoms. The minimum atomic E-state index is -5.58. The van der Waals surface area contributed by atoms with Gasteiger partial charge in [0.25, 0.3) is 5.56 Å². The largest absolute Gasteiger partial charge is 0.481 e. The lowest BCUT2D eigenvalue weighted by Gasteiger charge is -2.26. The van der Waals surface area contributed by atoms with Crippen LogP contribution >= 0.6 is 15.6 Å². The molecule has 1 saturated heterocycles. The number of hydrogen-bond donors (Lipinski definition) is 10. The second-order valence-electron chi connectivity index (χ2n) is 12.2. The monoisotopic (exact) mass is 801 g/mol. The first-order valence-electron chi connectivity index (χ1n) is 15.6. The van der Waals surface area contributed by atoms with Gasteiger partial charge in [-0.3, -0.25) is 33.2 Å². The van der Waals surface area contributed by atoms with E-state index in [0.29, 0.717) is 11.1 Å². The van der Waals surface area contributed by atoms with Crippen LogP contribution in [0.15, 0.2) is 33.1 Å². The van der Waals surface area contributed by atoms with E-state index < -0.39 is 94.9 Å². The molecule has 0 amide bonds. The molecule has 0 saturated carbocycles. The van der Waals surface area contributed by atoms with Crippen molar-refractivity contribution in [2.45, 2.75) is 63.2 Å². The highest BCUT2D eigenvalue weighted by Gasteiger charge is 2.46. The van der Waals surface area contributed by atoms with Crippen molar-refractivity contribution < 1.29 is 62.5 Å². The molecule has 9 atom stereocenters. The Bertz CT molecular complexity index is 2470. The number of rotatable bonds is 13. The Morgan fingerprint density at radius 1 is 0.981 bits per heavy atom. The van der Waals surface area contributed by atoms with E-state index in [4.69, 9.17) is 10.5 Å². The van der Waals surface area contributed by atoms with Gasteiger partial charge in [-0.15, -0.1) is 0 Å². The molecular formula is C27H33N9O16P2. The van der Waals surface area contributed by atoms with Crippen LogP contribution in [0.2, 0.25) is 0 Å². The van der Waals surface area contributed by atoms with E-state index in [-0.39, 0.29) is 39.5 Å². The lowest BCUT2D eigenvalue weighted by atomic mass is 10.0. The van der Waals surface area contributed by atoms with Gasteiger partial charge in [-0.25, -0.2) is 33.9 Å². The quantitative estimate of drug-likeness (QED) is 0.0415. The molecule has 11 N–H and O–H groups in total. The van der Waals surface area contributed by atoms with Gasteiger partial charge in [0.15, 0.2) is 23.2 Å². The van der Waals surface area contributed by atoms with Gasteiger partial charge in [-0.1, -0.05) is 0 Å². The summed E-state index contributed by atoms with van der Waals surface area (Å²) in [6.07, 6.45) is -10.2. The van der Waals surface area contributed by atoms with Gasteiger partial charge in [0, 0.05) is 5.56 Å². The zero-order valence-electron chi connectivity index (χ0n) is 27.9. The number of aromatic nitrogens is 8. The number of aromatic amines is 2. The first-order valence-corrected chi connectivity index (χ1v) is 18.6. The molecule has 2 unspecified atom stereocenters. The normalized spacial score (nSPS) is 23.1. The summed E-state index contributed by atoms with van der Waals surface area (Å²) < 4.78 is 46.4. The molecule has 0 aromatic carbocycles. The van der Waals surface area contributed by atoms with Gasteiger partial charge in [-0.05, 0) is 25.5 Å². The number of nitrogen functional groups attached to an aromatic ring is 1. The second kappa shape index (κ2) is 14.7. The zero-order chi connectivity index (χ0) is 39.4. The Hall–Kier alpha value is -4.33. The van der Waals surface area contributed by atoms with Gasteiger partial charge < -0.3 is 50.4 Å². The maximum absolute atomic E-state index is 13.0.